The van der Waals surface area contributed by atoms with Crippen LogP contribution in [0, 0.1) is 0 Å². The van der Waals surface area contributed by atoms with Crippen LogP contribution in [0.5, 0.6) is 0 Å². The van der Waals surface area contributed by atoms with Gasteiger partial charge in [-0.2, -0.15) is 10.1 Å². The third-order valence-corrected chi connectivity index (χ3v) is 2.58. The van der Waals surface area contributed by atoms with Crippen molar-refractivity contribution in [1.29, 1.82) is 0 Å². The van der Waals surface area contributed by atoms with Gasteiger partial charge in [-0.3, -0.25) is 4.98 Å². The smallest absolute Gasteiger partial charge is 0.244 e. The number of likely N-dealkylation sites (N-methyl/N-ethyl adjacent to an activating group) is 1. The Hall–Kier alpha value is -2.28. The zero-order chi connectivity index (χ0) is 14.2. The molecule has 0 bridgehead atoms. The number of aromatic nitrogens is 4. The fourth-order valence-corrected chi connectivity index (χ4v) is 1.54. The van der Waals surface area contributed by atoms with Gasteiger partial charge in [-0.15, -0.1) is 5.10 Å². The van der Waals surface area contributed by atoms with Crippen molar-refractivity contribution in [3.8, 4) is 0 Å². The van der Waals surface area contributed by atoms with Crippen LogP contribution >= 0.6 is 0 Å². The number of anilines is 2. The molecule has 2 heterocycles. The molecule has 0 saturated heterocycles. The third-order valence-electron chi connectivity index (χ3n) is 2.58. The van der Waals surface area contributed by atoms with E-state index < -0.39 is 0 Å². The summed E-state index contributed by atoms with van der Waals surface area (Å²) in [6, 6.07) is 5.80. The minimum absolute atomic E-state index is 0.526. The Morgan fingerprint density at radius 2 is 2.10 bits per heavy atom. The van der Waals surface area contributed by atoms with Crippen LogP contribution in [0.1, 0.15) is 5.69 Å². The van der Waals surface area contributed by atoms with Gasteiger partial charge in [-0.25, -0.2) is 0 Å². The normalized spacial score (nSPS) is 10.6. The van der Waals surface area contributed by atoms with Crippen molar-refractivity contribution in [3.05, 3.63) is 36.3 Å². The van der Waals surface area contributed by atoms with Crippen LogP contribution in [0.4, 0.5) is 11.8 Å². The number of nitrogens with one attached hydrogen (secondary N) is 2. The van der Waals surface area contributed by atoms with Crippen molar-refractivity contribution >= 4 is 11.8 Å². The lowest BCUT2D eigenvalue weighted by Gasteiger charge is -2.10. The molecule has 0 saturated carbocycles. The molecule has 2 N–H and O–H groups in total. The Balaban J connectivity index is 1.86. The van der Waals surface area contributed by atoms with Gasteiger partial charge in [0, 0.05) is 19.3 Å². The van der Waals surface area contributed by atoms with Gasteiger partial charge in [0.2, 0.25) is 5.95 Å². The first kappa shape index (κ1) is 14.1. The summed E-state index contributed by atoms with van der Waals surface area (Å²) in [4.78, 5) is 10.7. The molecule has 0 atom stereocenters. The second kappa shape index (κ2) is 7.34. The van der Waals surface area contributed by atoms with Gasteiger partial charge in [0.25, 0.3) is 0 Å². The average molecular weight is 273 g/mol. The largest absolute Gasteiger partial charge is 0.363 e. The molecule has 7 heteroatoms. The van der Waals surface area contributed by atoms with E-state index in [-0.39, 0.29) is 0 Å². The van der Waals surface area contributed by atoms with E-state index in [1.54, 1.807) is 12.4 Å². The summed E-state index contributed by atoms with van der Waals surface area (Å²) >= 11 is 0. The van der Waals surface area contributed by atoms with Crippen LogP contribution in [0.2, 0.25) is 0 Å². The first-order valence-corrected chi connectivity index (χ1v) is 6.46. The molecule has 0 aliphatic carbocycles. The van der Waals surface area contributed by atoms with E-state index in [1.165, 1.54) is 0 Å². The van der Waals surface area contributed by atoms with Gasteiger partial charge in [-0.05, 0) is 26.2 Å². The molecule has 20 heavy (non-hydrogen) atoms. The molecule has 0 radical (unpaired) electrons. The number of hydrogen-bond donors (Lipinski definition) is 2. The molecule has 0 aliphatic rings. The van der Waals surface area contributed by atoms with Crippen molar-refractivity contribution in [2.75, 3.05) is 37.8 Å². The van der Waals surface area contributed by atoms with Crippen LogP contribution in [0.25, 0.3) is 0 Å². The molecule has 7 nitrogen and oxygen atoms in total. The van der Waals surface area contributed by atoms with E-state index in [9.17, 15) is 0 Å². The van der Waals surface area contributed by atoms with Gasteiger partial charge in [0.05, 0.1) is 18.4 Å². The van der Waals surface area contributed by atoms with Crippen molar-refractivity contribution < 1.29 is 0 Å². The predicted octanol–water partition coefficient (Wildman–Crippen LogP) is 0.852. The van der Waals surface area contributed by atoms with Crippen molar-refractivity contribution in [2.24, 2.45) is 0 Å². The molecule has 2 aromatic heterocycles. The Labute approximate surface area is 118 Å². The lowest BCUT2D eigenvalue weighted by Crippen LogP contribution is -2.21. The van der Waals surface area contributed by atoms with Crippen molar-refractivity contribution in [2.45, 2.75) is 6.54 Å². The Kier molecular flexibility index (Phi) is 5.19. The summed E-state index contributed by atoms with van der Waals surface area (Å²) in [5.41, 5.74) is 0.952. The fraction of sp³-hybridized carbons (Fsp3) is 0.385. The van der Waals surface area contributed by atoms with E-state index in [4.69, 9.17) is 0 Å². The van der Waals surface area contributed by atoms with Crippen molar-refractivity contribution in [3.63, 3.8) is 0 Å². The van der Waals surface area contributed by atoms with Gasteiger partial charge in [0.1, 0.15) is 0 Å². The zero-order valence-electron chi connectivity index (χ0n) is 11.7. The lowest BCUT2D eigenvalue weighted by molar-refractivity contribution is 0.425. The Morgan fingerprint density at radius 1 is 1.20 bits per heavy atom. The molecule has 0 fully saturated rings. The molecule has 0 unspecified atom stereocenters. The molecular weight excluding hydrogens is 254 g/mol. The average Bonchev–Trinajstić information content (AvgIpc) is 2.46. The highest BCUT2D eigenvalue weighted by Crippen LogP contribution is 2.05. The highest BCUT2D eigenvalue weighted by Gasteiger charge is 2.01. The van der Waals surface area contributed by atoms with Gasteiger partial charge in [0.15, 0.2) is 5.82 Å². The van der Waals surface area contributed by atoms with E-state index in [0.717, 1.165) is 18.8 Å². The van der Waals surface area contributed by atoms with Gasteiger partial charge >= 0.3 is 0 Å². The molecule has 2 aromatic rings. The molecular formula is C13H19N7. The second-order valence-electron chi connectivity index (χ2n) is 4.57. The predicted molar refractivity (Wildman–Crippen MR) is 78.4 cm³/mol. The summed E-state index contributed by atoms with van der Waals surface area (Å²) in [6.45, 7) is 2.30. The first-order valence-electron chi connectivity index (χ1n) is 6.46. The molecule has 0 aliphatic heterocycles. The third kappa shape index (κ3) is 4.77. The van der Waals surface area contributed by atoms with Crippen LogP contribution in [-0.2, 0) is 6.54 Å². The van der Waals surface area contributed by atoms with E-state index in [0.29, 0.717) is 18.3 Å². The van der Waals surface area contributed by atoms with E-state index in [2.05, 4.69) is 35.7 Å². The quantitative estimate of drug-likeness (QED) is 0.774. The van der Waals surface area contributed by atoms with Crippen LogP contribution in [0.15, 0.2) is 30.6 Å². The maximum atomic E-state index is 4.34. The van der Waals surface area contributed by atoms with E-state index >= 15 is 0 Å². The highest BCUT2D eigenvalue weighted by molar-refractivity contribution is 5.37. The molecule has 106 valence electrons. The summed E-state index contributed by atoms with van der Waals surface area (Å²) in [7, 11) is 4.04. The van der Waals surface area contributed by atoms with E-state index in [1.807, 2.05) is 32.3 Å². The monoisotopic (exact) mass is 273 g/mol. The maximum Gasteiger partial charge on any atom is 0.244 e. The van der Waals surface area contributed by atoms with Crippen LogP contribution < -0.4 is 10.6 Å². The molecule has 0 spiro atoms. The zero-order valence-corrected chi connectivity index (χ0v) is 11.7. The van der Waals surface area contributed by atoms with Crippen LogP contribution in [-0.4, -0.2) is 52.3 Å². The molecule has 0 amide bonds. The second-order valence-corrected chi connectivity index (χ2v) is 4.57. The first-order chi connectivity index (χ1) is 9.74. The number of rotatable bonds is 7. The standard InChI is InChI=1S/C13H19N7/c1-20(2)8-7-15-13-18-12(10-17-19-13)16-9-11-5-3-4-6-14-11/h3-6,10H,7-9H2,1-2H3,(H2,15,16,18,19). The maximum absolute atomic E-state index is 4.34. The van der Waals surface area contributed by atoms with Crippen LogP contribution in [0.3, 0.4) is 0 Å². The topological polar surface area (TPSA) is 78.9 Å². The van der Waals surface area contributed by atoms with Crippen molar-refractivity contribution in [1.82, 2.24) is 25.1 Å². The summed E-state index contributed by atoms with van der Waals surface area (Å²) in [6.07, 6.45) is 3.36. The molecule has 2 rings (SSSR count). The minimum Gasteiger partial charge on any atom is -0.363 e. The summed E-state index contributed by atoms with van der Waals surface area (Å²) < 4.78 is 0. The Bertz CT molecular complexity index is 515. The lowest BCUT2D eigenvalue weighted by atomic mass is 10.3. The Morgan fingerprint density at radius 3 is 2.85 bits per heavy atom. The minimum atomic E-state index is 0.526. The SMILES string of the molecule is CN(C)CCNc1nncc(NCc2ccccn2)n1. The number of pyridine rings is 1. The highest BCUT2D eigenvalue weighted by atomic mass is 15.3. The fourth-order valence-electron chi connectivity index (χ4n) is 1.54. The molecule has 0 aromatic carbocycles. The summed E-state index contributed by atoms with van der Waals surface area (Å²) in [5.74, 6) is 1.20. The number of hydrogen-bond acceptors (Lipinski definition) is 7. The van der Waals surface area contributed by atoms with Gasteiger partial charge < -0.3 is 15.5 Å². The summed E-state index contributed by atoms with van der Waals surface area (Å²) in [5, 5.41) is 14.2. The van der Waals surface area contributed by atoms with Gasteiger partial charge in [-0.1, -0.05) is 6.07 Å². The number of nitrogens with zero attached hydrogens (tertiary/aromatic N) is 5.